The van der Waals surface area contributed by atoms with Gasteiger partial charge in [0.1, 0.15) is 5.75 Å². The number of nitrogens with two attached hydrogens (primary N) is 1. The predicted octanol–water partition coefficient (Wildman–Crippen LogP) is 2.63. The lowest BCUT2D eigenvalue weighted by molar-refractivity contribution is 0.164. The Kier molecular flexibility index (Phi) is 5.78. The molecule has 4 heteroatoms. The van der Waals surface area contributed by atoms with Crippen molar-refractivity contribution in [2.45, 2.75) is 45.8 Å². The molecule has 18 heavy (non-hydrogen) atoms. The van der Waals surface area contributed by atoms with Crippen molar-refractivity contribution in [1.82, 2.24) is 0 Å². The molecule has 0 aliphatic carbocycles. The minimum Gasteiger partial charge on any atom is -0.491 e. The van der Waals surface area contributed by atoms with E-state index < -0.39 is 0 Å². The lowest BCUT2D eigenvalue weighted by Gasteiger charge is -2.14. The van der Waals surface area contributed by atoms with Crippen molar-refractivity contribution in [3.05, 3.63) is 18.2 Å². The largest absolute Gasteiger partial charge is 0.491 e. The maximum atomic E-state index is 9.47. The minimum absolute atomic E-state index is 0.126. The molecule has 0 fully saturated rings. The highest BCUT2D eigenvalue weighted by molar-refractivity contribution is 5.59. The number of nitrogen functional groups attached to an aromatic ring is 1. The third kappa shape index (κ3) is 5.27. The molecule has 0 amide bonds. The lowest BCUT2D eigenvalue weighted by Crippen LogP contribution is -2.12. The highest BCUT2D eigenvalue weighted by Crippen LogP contribution is 2.23. The summed E-state index contributed by atoms with van der Waals surface area (Å²) < 4.78 is 5.61. The second kappa shape index (κ2) is 7.11. The van der Waals surface area contributed by atoms with Gasteiger partial charge in [0.05, 0.1) is 12.2 Å². The van der Waals surface area contributed by atoms with Gasteiger partial charge >= 0.3 is 0 Å². The van der Waals surface area contributed by atoms with E-state index in [4.69, 9.17) is 10.5 Å². The number of aliphatic hydroxyl groups is 1. The number of rotatable bonds is 7. The Bertz CT molecular complexity index is 367. The van der Waals surface area contributed by atoms with Crippen LogP contribution in [0.3, 0.4) is 0 Å². The van der Waals surface area contributed by atoms with Crippen LogP contribution >= 0.6 is 0 Å². The average molecular weight is 252 g/mol. The Hall–Kier alpha value is -1.42. The molecule has 4 nitrogen and oxygen atoms in total. The molecule has 0 saturated carbocycles. The van der Waals surface area contributed by atoms with Gasteiger partial charge in [0, 0.05) is 30.1 Å². The first kappa shape index (κ1) is 14.6. The standard InChI is InChI=1S/C14H24N2O2/c1-4-13(17)5-6-16-12-7-11(15)8-14(9-12)18-10(2)3/h7-10,13,16-17H,4-6,15H2,1-3H3. The molecule has 1 rings (SSSR count). The zero-order valence-corrected chi connectivity index (χ0v) is 11.4. The second-order valence-electron chi connectivity index (χ2n) is 4.73. The van der Waals surface area contributed by atoms with Gasteiger partial charge in [-0.3, -0.25) is 0 Å². The quantitative estimate of drug-likeness (QED) is 0.653. The van der Waals surface area contributed by atoms with Crippen molar-refractivity contribution in [3.63, 3.8) is 0 Å². The molecule has 102 valence electrons. The summed E-state index contributed by atoms with van der Waals surface area (Å²) in [5.41, 5.74) is 7.42. The molecule has 1 aromatic rings. The Morgan fingerprint density at radius 2 is 2.06 bits per heavy atom. The van der Waals surface area contributed by atoms with Crippen LogP contribution in [0, 0.1) is 0 Å². The molecule has 0 saturated heterocycles. The number of hydrogen-bond donors (Lipinski definition) is 3. The maximum Gasteiger partial charge on any atom is 0.123 e. The average Bonchev–Trinajstić information content (AvgIpc) is 2.27. The van der Waals surface area contributed by atoms with Gasteiger partial charge in [-0.2, -0.15) is 0 Å². The minimum atomic E-state index is -0.245. The van der Waals surface area contributed by atoms with Gasteiger partial charge in [-0.05, 0) is 32.8 Å². The molecule has 4 N–H and O–H groups in total. The van der Waals surface area contributed by atoms with E-state index in [2.05, 4.69) is 5.32 Å². The lowest BCUT2D eigenvalue weighted by atomic mass is 10.2. The predicted molar refractivity (Wildman–Crippen MR) is 76.0 cm³/mol. The Morgan fingerprint density at radius 3 is 2.67 bits per heavy atom. The summed E-state index contributed by atoms with van der Waals surface area (Å²) in [5, 5.41) is 12.7. The first-order chi connectivity index (χ1) is 8.51. The fraction of sp³-hybridized carbons (Fsp3) is 0.571. The molecule has 0 aliphatic rings. The zero-order chi connectivity index (χ0) is 13.5. The van der Waals surface area contributed by atoms with Gasteiger partial charge < -0.3 is 20.9 Å². The molecule has 1 aromatic carbocycles. The number of aliphatic hydroxyl groups excluding tert-OH is 1. The fourth-order valence-corrected chi connectivity index (χ4v) is 1.65. The number of benzene rings is 1. The van der Waals surface area contributed by atoms with Crippen molar-refractivity contribution in [3.8, 4) is 5.75 Å². The van der Waals surface area contributed by atoms with Gasteiger partial charge in [-0.15, -0.1) is 0 Å². The summed E-state index contributed by atoms with van der Waals surface area (Å²) in [4.78, 5) is 0. The summed E-state index contributed by atoms with van der Waals surface area (Å²) in [6, 6.07) is 5.60. The van der Waals surface area contributed by atoms with Gasteiger partial charge in [0.25, 0.3) is 0 Å². The topological polar surface area (TPSA) is 67.5 Å². The maximum absolute atomic E-state index is 9.47. The van der Waals surface area contributed by atoms with E-state index in [9.17, 15) is 5.11 Å². The second-order valence-corrected chi connectivity index (χ2v) is 4.73. The van der Waals surface area contributed by atoms with Crippen LogP contribution in [-0.2, 0) is 0 Å². The summed E-state index contributed by atoms with van der Waals surface area (Å²) in [6.45, 7) is 6.65. The molecule has 1 unspecified atom stereocenters. The summed E-state index contributed by atoms with van der Waals surface area (Å²) in [7, 11) is 0. The fourth-order valence-electron chi connectivity index (χ4n) is 1.65. The molecule has 1 atom stereocenters. The van der Waals surface area contributed by atoms with Gasteiger partial charge in [-0.1, -0.05) is 6.92 Å². The van der Waals surface area contributed by atoms with Crippen LogP contribution < -0.4 is 15.8 Å². The van der Waals surface area contributed by atoms with E-state index in [0.717, 1.165) is 30.8 Å². The van der Waals surface area contributed by atoms with Crippen LogP contribution in [0.15, 0.2) is 18.2 Å². The van der Waals surface area contributed by atoms with Crippen molar-refractivity contribution in [1.29, 1.82) is 0 Å². The molecule has 0 bridgehead atoms. The number of anilines is 2. The van der Waals surface area contributed by atoms with Crippen molar-refractivity contribution in [2.24, 2.45) is 0 Å². The highest BCUT2D eigenvalue weighted by atomic mass is 16.5. The van der Waals surface area contributed by atoms with Crippen LogP contribution in [0.5, 0.6) is 5.75 Å². The normalized spacial score (nSPS) is 12.5. The molecule has 0 aliphatic heterocycles. The van der Waals surface area contributed by atoms with Crippen LogP contribution in [0.2, 0.25) is 0 Å². The third-order valence-corrected chi connectivity index (χ3v) is 2.58. The summed E-state index contributed by atoms with van der Waals surface area (Å²) >= 11 is 0. The molecular weight excluding hydrogens is 228 g/mol. The zero-order valence-electron chi connectivity index (χ0n) is 11.4. The van der Waals surface area contributed by atoms with E-state index in [1.807, 2.05) is 39.0 Å². The summed E-state index contributed by atoms with van der Waals surface area (Å²) in [5.74, 6) is 0.767. The first-order valence-corrected chi connectivity index (χ1v) is 6.50. The van der Waals surface area contributed by atoms with E-state index >= 15 is 0 Å². The number of ether oxygens (including phenoxy) is 1. The molecule has 0 heterocycles. The van der Waals surface area contributed by atoms with Crippen LogP contribution in [0.4, 0.5) is 11.4 Å². The van der Waals surface area contributed by atoms with Gasteiger partial charge in [-0.25, -0.2) is 0 Å². The number of hydrogen-bond acceptors (Lipinski definition) is 4. The van der Waals surface area contributed by atoms with E-state index in [-0.39, 0.29) is 12.2 Å². The van der Waals surface area contributed by atoms with Crippen molar-refractivity contribution in [2.75, 3.05) is 17.6 Å². The molecule has 0 radical (unpaired) electrons. The van der Waals surface area contributed by atoms with Crippen LogP contribution in [0.25, 0.3) is 0 Å². The molecule has 0 aromatic heterocycles. The molecule has 0 spiro atoms. The summed E-state index contributed by atoms with van der Waals surface area (Å²) in [6.07, 6.45) is 1.39. The van der Waals surface area contributed by atoms with E-state index in [1.165, 1.54) is 0 Å². The monoisotopic (exact) mass is 252 g/mol. The third-order valence-electron chi connectivity index (χ3n) is 2.58. The van der Waals surface area contributed by atoms with E-state index in [1.54, 1.807) is 0 Å². The Morgan fingerprint density at radius 1 is 1.33 bits per heavy atom. The Labute approximate surface area is 109 Å². The first-order valence-electron chi connectivity index (χ1n) is 6.50. The van der Waals surface area contributed by atoms with Crippen LogP contribution in [-0.4, -0.2) is 23.9 Å². The van der Waals surface area contributed by atoms with Gasteiger partial charge in [0.15, 0.2) is 0 Å². The number of nitrogens with one attached hydrogen (secondary N) is 1. The van der Waals surface area contributed by atoms with Gasteiger partial charge in [0.2, 0.25) is 0 Å². The van der Waals surface area contributed by atoms with Crippen LogP contribution in [0.1, 0.15) is 33.6 Å². The smallest absolute Gasteiger partial charge is 0.123 e. The van der Waals surface area contributed by atoms with E-state index in [0.29, 0.717) is 5.69 Å². The Balaban J connectivity index is 2.57. The SMILES string of the molecule is CCC(O)CCNc1cc(N)cc(OC(C)C)c1. The molecular formula is C14H24N2O2. The van der Waals surface area contributed by atoms with Crippen molar-refractivity contribution < 1.29 is 9.84 Å². The highest BCUT2D eigenvalue weighted by Gasteiger charge is 2.03. The van der Waals surface area contributed by atoms with Crippen molar-refractivity contribution >= 4 is 11.4 Å².